The van der Waals surface area contributed by atoms with Crippen LogP contribution in [0.5, 0.6) is 0 Å². The molecule has 2 aliphatic rings. The van der Waals surface area contributed by atoms with Gasteiger partial charge in [-0.25, -0.2) is 4.98 Å². The maximum Gasteiger partial charge on any atom is 0.223 e. The van der Waals surface area contributed by atoms with Crippen LogP contribution in [0.25, 0.3) is 0 Å². The zero-order chi connectivity index (χ0) is 17.1. The van der Waals surface area contributed by atoms with Crippen molar-refractivity contribution in [1.82, 2.24) is 14.5 Å². The second-order valence-corrected chi connectivity index (χ2v) is 7.37. The first kappa shape index (κ1) is 16.2. The molecular formula is C20H26N4O. The summed E-state index contributed by atoms with van der Waals surface area (Å²) in [7, 11) is 0. The topological polar surface area (TPSA) is 50.2 Å². The van der Waals surface area contributed by atoms with E-state index in [-0.39, 0.29) is 0 Å². The van der Waals surface area contributed by atoms with Crippen LogP contribution in [0.3, 0.4) is 0 Å². The standard InChI is InChI=1S/C20H26N4O/c25-20(12-16-6-7-16)24-14-17(13-23-11-3-4-18(23)15-24)8-10-22-19-5-1-2-9-21-19/h1-5,9,11,16-17H,6-8,10,12-15H2,(H,21,22)/t17-/m0/s1. The molecule has 0 spiro atoms. The summed E-state index contributed by atoms with van der Waals surface area (Å²) in [4.78, 5) is 19.1. The molecule has 5 heteroatoms. The molecule has 4 rings (SSSR count). The van der Waals surface area contributed by atoms with Gasteiger partial charge in [0.25, 0.3) is 0 Å². The number of hydrogen-bond donors (Lipinski definition) is 1. The second kappa shape index (κ2) is 7.30. The number of nitrogens with one attached hydrogen (secondary N) is 1. The number of amides is 1. The Morgan fingerprint density at radius 2 is 2.08 bits per heavy atom. The molecule has 1 saturated carbocycles. The first-order chi connectivity index (χ1) is 12.3. The van der Waals surface area contributed by atoms with Gasteiger partial charge in [-0.3, -0.25) is 4.79 Å². The Morgan fingerprint density at radius 3 is 2.88 bits per heavy atom. The van der Waals surface area contributed by atoms with Gasteiger partial charge in [-0.05, 0) is 55.4 Å². The van der Waals surface area contributed by atoms with E-state index in [1.54, 1.807) is 6.20 Å². The van der Waals surface area contributed by atoms with Crippen LogP contribution in [0, 0.1) is 11.8 Å². The predicted molar refractivity (Wildman–Crippen MR) is 98.0 cm³/mol. The molecule has 0 unspecified atom stereocenters. The van der Waals surface area contributed by atoms with Crippen molar-refractivity contribution < 1.29 is 4.79 Å². The Bertz CT molecular complexity index is 707. The van der Waals surface area contributed by atoms with Crippen molar-refractivity contribution in [3.63, 3.8) is 0 Å². The minimum Gasteiger partial charge on any atom is -0.370 e. The van der Waals surface area contributed by atoms with Crippen LogP contribution in [0.1, 0.15) is 31.4 Å². The molecule has 0 saturated heterocycles. The van der Waals surface area contributed by atoms with Crippen LogP contribution in [0.15, 0.2) is 42.7 Å². The number of rotatable bonds is 6. The average Bonchev–Trinajstić information content (AvgIpc) is 3.37. The van der Waals surface area contributed by atoms with E-state index >= 15 is 0 Å². The molecule has 2 aromatic rings. The van der Waals surface area contributed by atoms with Crippen molar-refractivity contribution in [3.05, 3.63) is 48.4 Å². The molecular weight excluding hydrogens is 312 g/mol. The number of aromatic nitrogens is 2. The van der Waals surface area contributed by atoms with Crippen LogP contribution < -0.4 is 5.32 Å². The summed E-state index contributed by atoms with van der Waals surface area (Å²) in [6.45, 7) is 3.47. The van der Waals surface area contributed by atoms with Gasteiger partial charge in [-0.15, -0.1) is 0 Å². The van der Waals surface area contributed by atoms with E-state index in [1.807, 2.05) is 18.2 Å². The van der Waals surface area contributed by atoms with E-state index in [4.69, 9.17) is 0 Å². The summed E-state index contributed by atoms with van der Waals surface area (Å²) < 4.78 is 2.32. The van der Waals surface area contributed by atoms with Crippen molar-refractivity contribution in [2.45, 2.75) is 38.8 Å². The fourth-order valence-corrected chi connectivity index (χ4v) is 3.62. The Balaban J connectivity index is 1.38. The fourth-order valence-electron chi connectivity index (χ4n) is 3.62. The molecule has 132 valence electrons. The minimum atomic E-state index is 0.333. The summed E-state index contributed by atoms with van der Waals surface area (Å²) >= 11 is 0. The lowest BCUT2D eigenvalue weighted by molar-refractivity contribution is -0.132. The van der Waals surface area contributed by atoms with E-state index in [9.17, 15) is 4.79 Å². The van der Waals surface area contributed by atoms with Gasteiger partial charge < -0.3 is 14.8 Å². The van der Waals surface area contributed by atoms with Crippen LogP contribution >= 0.6 is 0 Å². The molecule has 5 nitrogen and oxygen atoms in total. The predicted octanol–water partition coefficient (Wildman–Crippen LogP) is 3.14. The van der Waals surface area contributed by atoms with Crippen LogP contribution in [-0.4, -0.2) is 33.4 Å². The highest BCUT2D eigenvalue weighted by Gasteiger charge is 2.30. The van der Waals surface area contributed by atoms with E-state index in [0.29, 0.717) is 17.7 Å². The zero-order valence-electron chi connectivity index (χ0n) is 14.6. The first-order valence-corrected chi connectivity index (χ1v) is 9.34. The van der Waals surface area contributed by atoms with E-state index in [0.717, 1.165) is 44.8 Å². The van der Waals surface area contributed by atoms with Gasteiger partial charge in [0, 0.05) is 44.1 Å². The van der Waals surface area contributed by atoms with Gasteiger partial charge in [0.05, 0.1) is 6.54 Å². The van der Waals surface area contributed by atoms with Crippen molar-refractivity contribution in [2.75, 3.05) is 18.4 Å². The zero-order valence-corrected chi connectivity index (χ0v) is 14.6. The third-order valence-corrected chi connectivity index (χ3v) is 5.25. The summed E-state index contributed by atoms with van der Waals surface area (Å²) in [5.41, 5.74) is 1.25. The van der Waals surface area contributed by atoms with Gasteiger partial charge in [0.15, 0.2) is 0 Å². The highest BCUT2D eigenvalue weighted by Crippen LogP contribution is 2.33. The summed E-state index contributed by atoms with van der Waals surface area (Å²) in [6.07, 6.45) is 8.17. The van der Waals surface area contributed by atoms with E-state index in [1.165, 1.54) is 18.5 Å². The van der Waals surface area contributed by atoms with Gasteiger partial charge >= 0.3 is 0 Å². The van der Waals surface area contributed by atoms with Gasteiger partial charge in [0.1, 0.15) is 5.82 Å². The van der Waals surface area contributed by atoms with Crippen LogP contribution in [0.4, 0.5) is 5.82 Å². The van der Waals surface area contributed by atoms with E-state index < -0.39 is 0 Å². The largest absolute Gasteiger partial charge is 0.370 e. The first-order valence-electron chi connectivity index (χ1n) is 9.34. The number of carbonyl (C=O) groups excluding carboxylic acids is 1. The molecule has 0 aromatic carbocycles. The molecule has 2 aromatic heterocycles. The highest BCUT2D eigenvalue weighted by atomic mass is 16.2. The van der Waals surface area contributed by atoms with Crippen molar-refractivity contribution in [3.8, 4) is 0 Å². The SMILES string of the molecule is O=C(CC1CC1)N1Cc2cccn2C[C@H](CCNc2ccccn2)C1. The lowest BCUT2D eigenvalue weighted by atomic mass is 10.0. The molecule has 1 N–H and O–H groups in total. The maximum absolute atomic E-state index is 12.7. The molecule has 0 radical (unpaired) electrons. The van der Waals surface area contributed by atoms with Crippen LogP contribution in [-0.2, 0) is 17.9 Å². The molecule has 1 amide bonds. The quantitative estimate of drug-likeness (QED) is 0.880. The number of pyridine rings is 1. The Labute approximate surface area is 149 Å². The van der Waals surface area contributed by atoms with Crippen molar-refractivity contribution in [1.29, 1.82) is 0 Å². The number of hydrogen-bond acceptors (Lipinski definition) is 3. The normalized spacial score (nSPS) is 20.0. The number of anilines is 1. The summed E-state index contributed by atoms with van der Waals surface area (Å²) in [5, 5.41) is 3.39. The maximum atomic E-state index is 12.7. The summed E-state index contributed by atoms with van der Waals surface area (Å²) in [5.74, 6) is 2.36. The monoisotopic (exact) mass is 338 g/mol. The third kappa shape index (κ3) is 4.21. The Hall–Kier alpha value is -2.30. The average molecular weight is 338 g/mol. The van der Waals surface area contributed by atoms with E-state index in [2.05, 4.69) is 38.1 Å². The number of carbonyl (C=O) groups is 1. The number of fused-ring (bicyclic) bond motifs is 1. The Kier molecular flexibility index (Phi) is 4.72. The van der Waals surface area contributed by atoms with Crippen molar-refractivity contribution >= 4 is 11.7 Å². The van der Waals surface area contributed by atoms with Gasteiger partial charge in [0.2, 0.25) is 5.91 Å². The molecule has 0 bridgehead atoms. The molecule has 25 heavy (non-hydrogen) atoms. The van der Waals surface area contributed by atoms with Crippen molar-refractivity contribution in [2.24, 2.45) is 11.8 Å². The lowest BCUT2D eigenvalue weighted by Crippen LogP contribution is -2.34. The Morgan fingerprint density at radius 1 is 1.16 bits per heavy atom. The second-order valence-electron chi connectivity index (χ2n) is 7.37. The molecule has 1 fully saturated rings. The molecule has 1 aliphatic heterocycles. The third-order valence-electron chi connectivity index (χ3n) is 5.25. The number of nitrogens with zero attached hydrogens (tertiary/aromatic N) is 3. The van der Waals surface area contributed by atoms with Crippen LogP contribution in [0.2, 0.25) is 0 Å². The molecule has 1 aliphatic carbocycles. The highest BCUT2D eigenvalue weighted by molar-refractivity contribution is 5.76. The fraction of sp³-hybridized carbons (Fsp3) is 0.500. The van der Waals surface area contributed by atoms with Gasteiger partial charge in [-0.1, -0.05) is 6.07 Å². The minimum absolute atomic E-state index is 0.333. The molecule has 1 atom stereocenters. The smallest absolute Gasteiger partial charge is 0.223 e. The van der Waals surface area contributed by atoms with Gasteiger partial charge in [-0.2, -0.15) is 0 Å². The molecule has 3 heterocycles. The lowest BCUT2D eigenvalue weighted by Gasteiger charge is -2.24. The summed E-state index contributed by atoms with van der Waals surface area (Å²) in [6, 6.07) is 10.1.